The van der Waals surface area contributed by atoms with Crippen molar-refractivity contribution < 1.29 is 33.4 Å². The second-order valence-electron chi connectivity index (χ2n) is 10.3. The molecule has 2 fully saturated rings. The Morgan fingerprint density at radius 1 is 1.13 bits per heavy atom. The highest BCUT2D eigenvalue weighted by atomic mass is 19.1. The summed E-state index contributed by atoms with van der Waals surface area (Å²) in [5, 5.41) is 15.1. The molecule has 0 unspecified atom stereocenters. The minimum Gasteiger partial charge on any atom is -0.427 e. The highest BCUT2D eigenvalue weighted by molar-refractivity contribution is 6.06. The minimum absolute atomic E-state index is 0.187. The number of fused-ring (bicyclic) bond motifs is 2. The van der Waals surface area contributed by atoms with Crippen LogP contribution in [0.5, 0.6) is 0 Å². The summed E-state index contributed by atoms with van der Waals surface area (Å²) < 4.78 is 19.1. The molecular weight excluding hydrogens is 507 g/mol. The van der Waals surface area contributed by atoms with E-state index in [9.17, 15) is 28.7 Å². The van der Waals surface area contributed by atoms with Crippen LogP contribution < -0.4 is 10.6 Å². The minimum atomic E-state index is -1.50. The molecule has 11 heteroatoms. The van der Waals surface area contributed by atoms with Crippen LogP contribution >= 0.6 is 0 Å². The Balaban J connectivity index is 1.35. The van der Waals surface area contributed by atoms with Gasteiger partial charge < -0.3 is 25.4 Å². The molecule has 5 rings (SSSR count). The van der Waals surface area contributed by atoms with Gasteiger partial charge in [-0.05, 0) is 67.5 Å². The zero-order valence-electron chi connectivity index (χ0n) is 21.6. The molecule has 5 amide bonds. The van der Waals surface area contributed by atoms with E-state index in [-0.39, 0.29) is 30.9 Å². The van der Waals surface area contributed by atoms with Gasteiger partial charge in [0.25, 0.3) is 5.91 Å². The van der Waals surface area contributed by atoms with Crippen LogP contribution in [0.3, 0.4) is 0 Å². The molecule has 3 N–H and O–H groups in total. The van der Waals surface area contributed by atoms with E-state index >= 15 is 0 Å². The zero-order valence-corrected chi connectivity index (χ0v) is 21.6. The van der Waals surface area contributed by atoms with Gasteiger partial charge in [0.2, 0.25) is 11.5 Å². The van der Waals surface area contributed by atoms with Crippen molar-refractivity contribution >= 4 is 29.6 Å². The maximum Gasteiger partial charge on any atom is 0.418 e. The van der Waals surface area contributed by atoms with Crippen LogP contribution in [-0.4, -0.2) is 64.6 Å². The molecule has 2 aromatic rings. The number of amides is 5. The molecule has 2 aromatic carbocycles. The summed E-state index contributed by atoms with van der Waals surface area (Å²) >= 11 is 0. The number of imide groups is 1. The maximum absolute atomic E-state index is 13.6. The molecule has 1 heterocycles. The number of anilines is 1. The van der Waals surface area contributed by atoms with E-state index in [2.05, 4.69) is 10.6 Å². The van der Waals surface area contributed by atoms with E-state index in [4.69, 9.17) is 4.74 Å². The van der Waals surface area contributed by atoms with E-state index in [1.807, 2.05) is 0 Å². The Morgan fingerprint density at radius 3 is 2.54 bits per heavy atom. The summed E-state index contributed by atoms with van der Waals surface area (Å²) in [6.45, 7) is -0.294. The van der Waals surface area contributed by atoms with Gasteiger partial charge >= 0.3 is 12.1 Å². The van der Waals surface area contributed by atoms with Crippen LogP contribution in [0.15, 0.2) is 42.5 Å². The number of aryl methyl sites for hydroxylation is 1. The van der Waals surface area contributed by atoms with Crippen molar-refractivity contribution in [2.45, 2.75) is 62.8 Å². The molecule has 0 radical (unpaired) electrons. The standard InChI is InChI=1S/C28H31FN4O6/c1-30-26(37)31-20-6-11-23-18(14-20)12-13-28(23)25(36)33(27(38)39-28)16-24(35)32(21-7-9-22(34)10-8-21)15-17-2-4-19(29)5-3-17/h2-6,11,14,21-22,34H,7-10,12-13,15-16H2,1H3,(H2,30,31,37)/t21-,22-,28-/m1/s1. The molecule has 3 aliphatic rings. The van der Waals surface area contributed by atoms with E-state index in [0.717, 1.165) is 10.5 Å². The van der Waals surface area contributed by atoms with Gasteiger partial charge in [0.15, 0.2) is 0 Å². The third kappa shape index (κ3) is 5.18. The van der Waals surface area contributed by atoms with Gasteiger partial charge in [-0.2, -0.15) is 0 Å². The number of nitrogens with one attached hydrogen (secondary N) is 2. The number of ether oxygens (including phenoxy) is 1. The van der Waals surface area contributed by atoms with Crippen molar-refractivity contribution in [3.8, 4) is 0 Å². The lowest BCUT2D eigenvalue weighted by molar-refractivity contribution is -0.143. The van der Waals surface area contributed by atoms with Gasteiger partial charge in [0, 0.05) is 37.3 Å². The Labute approximate surface area is 225 Å². The smallest absolute Gasteiger partial charge is 0.418 e. The van der Waals surface area contributed by atoms with Crippen molar-refractivity contribution in [2.75, 3.05) is 18.9 Å². The number of carbonyl (C=O) groups is 4. The Kier molecular flexibility index (Phi) is 7.26. The number of halogens is 1. The Hall–Kier alpha value is -3.99. The lowest BCUT2D eigenvalue weighted by atomic mass is 9.91. The molecule has 1 atom stereocenters. The van der Waals surface area contributed by atoms with Crippen LogP contribution in [-0.2, 0) is 32.9 Å². The van der Waals surface area contributed by atoms with Crippen LogP contribution in [0.4, 0.5) is 19.7 Å². The summed E-state index contributed by atoms with van der Waals surface area (Å²) in [6, 6.07) is 10.3. The van der Waals surface area contributed by atoms with Crippen LogP contribution in [0.1, 0.15) is 48.8 Å². The fourth-order valence-electron chi connectivity index (χ4n) is 5.73. The van der Waals surface area contributed by atoms with E-state index in [1.54, 1.807) is 35.2 Å². The first-order valence-corrected chi connectivity index (χ1v) is 13.1. The normalized spacial score (nSPS) is 23.9. The van der Waals surface area contributed by atoms with E-state index in [1.165, 1.54) is 19.2 Å². The highest BCUT2D eigenvalue weighted by Crippen LogP contribution is 2.46. The number of urea groups is 1. The predicted molar refractivity (Wildman–Crippen MR) is 138 cm³/mol. The lowest BCUT2D eigenvalue weighted by Gasteiger charge is -2.36. The second kappa shape index (κ2) is 10.6. The summed E-state index contributed by atoms with van der Waals surface area (Å²) in [7, 11) is 1.50. The van der Waals surface area contributed by atoms with Gasteiger partial charge in [-0.3, -0.25) is 9.59 Å². The summed E-state index contributed by atoms with van der Waals surface area (Å²) in [5.74, 6) is -1.40. The average Bonchev–Trinajstić information content (AvgIpc) is 3.40. The first-order chi connectivity index (χ1) is 18.7. The highest BCUT2D eigenvalue weighted by Gasteiger charge is 2.58. The van der Waals surface area contributed by atoms with E-state index in [0.29, 0.717) is 48.9 Å². The second-order valence-corrected chi connectivity index (χ2v) is 10.3. The Bertz CT molecular complexity index is 1290. The largest absolute Gasteiger partial charge is 0.427 e. The number of hydrogen-bond acceptors (Lipinski definition) is 6. The first kappa shape index (κ1) is 26.6. The molecule has 1 spiro atoms. The molecule has 1 saturated carbocycles. The summed E-state index contributed by atoms with van der Waals surface area (Å²) in [4.78, 5) is 54.4. The molecule has 1 saturated heterocycles. The first-order valence-electron chi connectivity index (χ1n) is 13.1. The fraction of sp³-hybridized carbons (Fsp3) is 0.429. The van der Waals surface area contributed by atoms with Crippen molar-refractivity contribution in [2.24, 2.45) is 0 Å². The number of benzene rings is 2. The lowest BCUT2D eigenvalue weighted by Crippen LogP contribution is -2.48. The monoisotopic (exact) mass is 538 g/mol. The van der Waals surface area contributed by atoms with Crippen molar-refractivity contribution in [3.05, 3.63) is 65.0 Å². The van der Waals surface area contributed by atoms with Gasteiger partial charge in [-0.25, -0.2) is 18.9 Å². The van der Waals surface area contributed by atoms with Crippen molar-refractivity contribution in [1.82, 2.24) is 15.1 Å². The number of aliphatic hydroxyl groups excluding tert-OH is 1. The van der Waals surface area contributed by atoms with Crippen LogP contribution in [0.2, 0.25) is 0 Å². The molecule has 39 heavy (non-hydrogen) atoms. The molecule has 1 aliphatic heterocycles. The van der Waals surface area contributed by atoms with Crippen LogP contribution in [0, 0.1) is 5.82 Å². The number of aliphatic hydroxyl groups is 1. The van der Waals surface area contributed by atoms with Gasteiger partial charge in [0.05, 0.1) is 6.10 Å². The predicted octanol–water partition coefficient (Wildman–Crippen LogP) is 3.03. The van der Waals surface area contributed by atoms with Crippen LogP contribution in [0.25, 0.3) is 0 Å². The molecule has 206 valence electrons. The number of hydrogen-bond donors (Lipinski definition) is 3. The van der Waals surface area contributed by atoms with Crippen molar-refractivity contribution in [3.63, 3.8) is 0 Å². The molecule has 0 bridgehead atoms. The van der Waals surface area contributed by atoms with Gasteiger partial charge in [-0.1, -0.05) is 18.2 Å². The molecular formula is C28H31FN4O6. The number of carbonyl (C=O) groups excluding carboxylic acids is 4. The third-order valence-corrected chi connectivity index (χ3v) is 7.83. The van der Waals surface area contributed by atoms with Crippen molar-refractivity contribution in [1.29, 1.82) is 0 Å². The fourth-order valence-corrected chi connectivity index (χ4v) is 5.73. The molecule has 10 nitrogen and oxygen atoms in total. The topological polar surface area (TPSA) is 128 Å². The van der Waals surface area contributed by atoms with E-state index < -0.39 is 36.2 Å². The summed E-state index contributed by atoms with van der Waals surface area (Å²) in [6.07, 6.45) is 1.63. The molecule has 0 aromatic heterocycles. The number of nitrogens with zero attached hydrogens (tertiary/aromatic N) is 2. The van der Waals surface area contributed by atoms with Gasteiger partial charge in [0.1, 0.15) is 12.4 Å². The third-order valence-electron chi connectivity index (χ3n) is 7.83. The SMILES string of the molecule is CNC(=O)Nc1ccc2c(c1)CC[C@@]21OC(=O)N(CC(=O)N(Cc2ccc(F)cc2)[C@H]2CC[C@H](O)CC2)C1=O. The quantitative estimate of drug-likeness (QED) is 0.519. The zero-order chi connectivity index (χ0) is 27.7. The molecule has 2 aliphatic carbocycles. The van der Waals surface area contributed by atoms with Gasteiger partial charge in [-0.15, -0.1) is 0 Å². The number of rotatable bonds is 6. The maximum atomic E-state index is 13.6. The average molecular weight is 539 g/mol. The summed E-state index contributed by atoms with van der Waals surface area (Å²) in [5.41, 5.74) is 1.07. The Morgan fingerprint density at radius 2 is 1.85 bits per heavy atom.